The summed E-state index contributed by atoms with van der Waals surface area (Å²) >= 11 is 5.57. The van der Waals surface area contributed by atoms with Crippen molar-refractivity contribution in [1.82, 2.24) is 5.32 Å². The van der Waals surface area contributed by atoms with Crippen molar-refractivity contribution in [2.24, 2.45) is 5.92 Å². The molecular weight excluding hydrogens is 202 g/mol. The lowest BCUT2D eigenvalue weighted by molar-refractivity contribution is -0.123. The molecule has 1 saturated heterocycles. The number of carbonyl (C=O) groups excluding carboxylic acids is 1. The maximum Gasteiger partial charge on any atom is 0.224 e. The van der Waals surface area contributed by atoms with Gasteiger partial charge in [-0.2, -0.15) is 0 Å². The minimum atomic E-state index is -0.0961. The van der Waals surface area contributed by atoms with Crippen LogP contribution in [-0.2, 0) is 9.53 Å². The highest BCUT2D eigenvalue weighted by atomic mass is 35.5. The monoisotopic (exact) mass is 219 g/mol. The van der Waals surface area contributed by atoms with Crippen LogP contribution in [0.15, 0.2) is 0 Å². The summed E-state index contributed by atoms with van der Waals surface area (Å²) in [5, 5.41) is 2.86. The largest absolute Gasteiger partial charge is 0.378 e. The summed E-state index contributed by atoms with van der Waals surface area (Å²) in [5.41, 5.74) is 0. The fourth-order valence-corrected chi connectivity index (χ4v) is 1.61. The summed E-state index contributed by atoms with van der Waals surface area (Å²) < 4.78 is 5.44. The van der Waals surface area contributed by atoms with E-state index >= 15 is 0 Å². The van der Waals surface area contributed by atoms with Gasteiger partial charge >= 0.3 is 0 Å². The summed E-state index contributed by atoms with van der Waals surface area (Å²) in [5.74, 6) is 0.324. The number of nitrogens with one attached hydrogen (secondary N) is 1. The number of carbonyl (C=O) groups is 1. The van der Waals surface area contributed by atoms with Crippen molar-refractivity contribution in [3.63, 3.8) is 0 Å². The molecule has 0 radical (unpaired) electrons. The minimum absolute atomic E-state index is 0.0398. The number of hydrogen-bond acceptors (Lipinski definition) is 2. The Labute approximate surface area is 90.1 Å². The summed E-state index contributed by atoms with van der Waals surface area (Å²) in [6, 6.07) is 0. The summed E-state index contributed by atoms with van der Waals surface area (Å²) in [6.07, 6.45) is 3.54. The molecule has 1 amide bonds. The van der Waals surface area contributed by atoms with Crippen LogP contribution in [0.5, 0.6) is 0 Å². The van der Waals surface area contributed by atoms with Crippen LogP contribution < -0.4 is 5.32 Å². The lowest BCUT2D eigenvalue weighted by atomic mass is 10.1. The van der Waals surface area contributed by atoms with E-state index in [1.807, 2.05) is 6.92 Å². The van der Waals surface area contributed by atoms with Crippen LogP contribution in [0.3, 0.4) is 0 Å². The van der Waals surface area contributed by atoms with E-state index in [-0.39, 0.29) is 11.8 Å². The first kappa shape index (κ1) is 11.8. The molecule has 2 unspecified atom stereocenters. The number of alkyl halides is 1. The van der Waals surface area contributed by atoms with Gasteiger partial charge in [-0.15, -0.1) is 11.6 Å². The quantitative estimate of drug-likeness (QED) is 0.713. The standard InChI is InChI=1S/C10H18ClNO2/c1-8(7-11)10(13)12-5-4-9-3-2-6-14-9/h8-9H,2-7H2,1H3,(H,12,13). The third-order valence-electron chi connectivity index (χ3n) is 2.47. The predicted molar refractivity (Wildman–Crippen MR) is 56.5 cm³/mol. The normalized spacial score (nSPS) is 23.4. The Hall–Kier alpha value is -0.280. The number of rotatable bonds is 5. The second-order valence-corrected chi connectivity index (χ2v) is 4.08. The van der Waals surface area contributed by atoms with Crippen molar-refractivity contribution >= 4 is 17.5 Å². The van der Waals surface area contributed by atoms with Gasteiger partial charge < -0.3 is 10.1 Å². The van der Waals surface area contributed by atoms with Crippen molar-refractivity contribution in [1.29, 1.82) is 0 Å². The van der Waals surface area contributed by atoms with E-state index < -0.39 is 0 Å². The lowest BCUT2D eigenvalue weighted by Crippen LogP contribution is -2.32. The van der Waals surface area contributed by atoms with Gasteiger partial charge in [0.05, 0.1) is 6.10 Å². The molecule has 1 fully saturated rings. The number of halogens is 1. The van der Waals surface area contributed by atoms with Gasteiger partial charge in [0, 0.05) is 24.9 Å². The zero-order valence-electron chi connectivity index (χ0n) is 8.59. The molecule has 3 nitrogen and oxygen atoms in total. The molecule has 0 saturated carbocycles. The van der Waals surface area contributed by atoms with E-state index in [4.69, 9.17) is 16.3 Å². The zero-order chi connectivity index (χ0) is 10.4. The maximum atomic E-state index is 11.3. The third-order valence-corrected chi connectivity index (χ3v) is 2.93. The van der Waals surface area contributed by atoms with Crippen LogP contribution >= 0.6 is 11.6 Å². The van der Waals surface area contributed by atoms with Crippen LogP contribution in [0.4, 0.5) is 0 Å². The number of hydrogen-bond donors (Lipinski definition) is 1. The zero-order valence-corrected chi connectivity index (χ0v) is 9.35. The first-order chi connectivity index (χ1) is 6.74. The highest BCUT2D eigenvalue weighted by Gasteiger charge is 2.16. The minimum Gasteiger partial charge on any atom is -0.378 e. The van der Waals surface area contributed by atoms with E-state index in [0.717, 1.165) is 25.9 Å². The maximum absolute atomic E-state index is 11.3. The van der Waals surface area contributed by atoms with Crippen molar-refractivity contribution < 1.29 is 9.53 Å². The van der Waals surface area contributed by atoms with Gasteiger partial charge in [0.1, 0.15) is 0 Å². The molecule has 0 bridgehead atoms. The Bertz CT molecular complexity index is 181. The molecule has 1 N–H and O–H groups in total. The molecule has 0 aromatic heterocycles. The molecule has 1 aliphatic heterocycles. The van der Waals surface area contributed by atoms with Gasteiger partial charge in [0.25, 0.3) is 0 Å². The van der Waals surface area contributed by atoms with E-state index in [9.17, 15) is 4.79 Å². The molecular formula is C10H18ClNO2. The first-order valence-electron chi connectivity index (χ1n) is 5.19. The molecule has 82 valence electrons. The summed E-state index contributed by atoms with van der Waals surface area (Å²) in [4.78, 5) is 11.3. The number of ether oxygens (including phenoxy) is 1. The highest BCUT2D eigenvalue weighted by Crippen LogP contribution is 2.14. The highest BCUT2D eigenvalue weighted by molar-refractivity contribution is 6.19. The van der Waals surface area contributed by atoms with Gasteiger partial charge in [0.15, 0.2) is 0 Å². The fourth-order valence-electron chi connectivity index (χ4n) is 1.47. The van der Waals surface area contributed by atoms with Gasteiger partial charge in [0.2, 0.25) is 5.91 Å². The smallest absolute Gasteiger partial charge is 0.224 e. The van der Waals surface area contributed by atoms with Crippen LogP contribution in [0.2, 0.25) is 0 Å². The Morgan fingerprint density at radius 2 is 2.50 bits per heavy atom. The van der Waals surface area contributed by atoms with Gasteiger partial charge in [-0.25, -0.2) is 0 Å². The van der Waals surface area contributed by atoms with Crippen LogP contribution in [-0.4, -0.2) is 31.0 Å². The Kier molecular flexibility index (Phi) is 5.26. The molecule has 1 aliphatic rings. The van der Waals surface area contributed by atoms with Crippen LogP contribution in [0.25, 0.3) is 0 Å². The molecule has 1 heterocycles. The van der Waals surface area contributed by atoms with Crippen molar-refractivity contribution in [2.75, 3.05) is 19.0 Å². The van der Waals surface area contributed by atoms with E-state index in [2.05, 4.69) is 5.32 Å². The summed E-state index contributed by atoms with van der Waals surface area (Å²) in [7, 11) is 0. The molecule has 0 aliphatic carbocycles. The Balaban J connectivity index is 2.05. The van der Waals surface area contributed by atoms with Crippen LogP contribution in [0.1, 0.15) is 26.2 Å². The van der Waals surface area contributed by atoms with Crippen molar-refractivity contribution in [3.05, 3.63) is 0 Å². The Morgan fingerprint density at radius 3 is 3.07 bits per heavy atom. The van der Waals surface area contributed by atoms with E-state index in [0.29, 0.717) is 18.5 Å². The summed E-state index contributed by atoms with van der Waals surface area (Å²) in [6.45, 7) is 3.40. The van der Waals surface area contributed by atoms with Crippen molar-refractivity contribution in [3.8, 4) is 0 Å². The van der Waals surface area contributed by atoms with Crippen molar-refractivity contribution in [2.45, 2.75) is 32.3 Å². The second kappa shape index (κ2) is 6.25. The fraction of sp³-hybridized carbons (Fsp3) is 0.900. The topological polar surface area (TPSA) is 38.3 Å². The Morgan fingerprint density at radius 1 is 1.71 bits per heavy atom. The third kappa shape index (κ3) is 3.84. The van der Waals surface area contributed by atoms with Gasteiger partial charge in [-0.05, 0) is 19.3 Å². The molecule has 4 heteroatoms. The molecule has 2 atom stereocenters. The SMILES string of the molecule is CC(CCl)C(=O)NCCC1CCCO1. The average molecular weight is 220 g/mol. The molecule has 14 heavy (non-hydrogen) atoms. The molecule has 0 aromatic rings. The molecule has 0 aromatic carbocycles. The van der Waals surface area contributed by atoms with E-state index in [1.54, 1.807) is 0 Å². The predicted octanol–water partition coefficient (Wildman–Crippen LogP) is 1.55. The van der Waals surface area contributed by atoms with Gasteiger partial charge in [-0.3, -0.25) is 4.79 Å². The lowest BCUT2D eigenvalue weighted by Gasteiger charge is -2.12. The second-order valence-electron chi connectivity index (χ2n) is 3.77. The van der Waals surface area contributed by atoms with Gasteiger partial charge in [-0.1, -0.05) is 6.92 Å². The average Bonchev–Trinajstić information content (AvgIpc) is 2.69. The molecule has 1 rings (SSSR count). The molecule has 0 spiro atoms. The number of amides is 1. The van der Waals surface area contributed by atoms with E-state index in [1.165, 1.54) is 0 Å². The van der Waals surface area contributed by atoms with Crippen LogP contribution in [0, 0.1) is 5.92 Å². The first-order valence-corrected chi connectivity index (χ1v) is 5.72.